The summed E-state index contributed by atoms with van der Waals surface area (Å²) >= 11 is 6.01. The molecule has 110 valence electrons. The predicted molar refractivity (Wildman–Crippen MR) is 78.6 cm³/mol. The number of anilines is 1. The highest BCUT2D eigenvalue weighted by atomic mass is 35.5. The molecule has 0 unspecified atom stereocenters. The lowest BCUT2D eigenvalue weighted by Crippen LogP contribution is -2.48. The Kier molecular flexibility index (Phi) is 3.79. The molecule has 2 aromatic rings. The topological polar surface area (TPSA) is 62.5 Å². The van der Waals surface area contributed by atoms with Crippen LogP contribution in [0.15, 0.2) is 28.7 Å². The van der Waals surface area contributed by atoms with Gasteiger partial charge in [0, 0.05) is 43.8 Å². The zero-order valence-electron chi connectivity index (χ0n) is 11.6. The molecule has 7 heteroatoms. The van der Waals surface area contributed by atoms with Crippen LogP contribution in [-0.2, 0) is 0 Å². The van der Waals surface area contributed by atoms with Crippen LogP contribution in [0.2, 0.25) is 5.02 Å². The van der Waals surface area contributed by atoms with Crippen LogP contribution in [0.3, 0.4) is 0 Å². The number of carbonyl (C=O) groups is 1. The van der Waals surface area contributed by atoms with Crippen LogP contribution in [0.25, 0.3) is 0 Å². The lowest BCUT2D eigenvalue weighted by atomic mass is 10.2. The molecule has 0 N–H and O–H groups in total. The van der Waals surface area contributed by atoms with Crippen LogP contribution >= 0.6 is 11.6 Å². The predicted octanol–water partition coefficient (Wildman–Crippen LogP) is 1.99. The third kappa shape index (κ3) is 3.00. The maximum absolute atomic E-state index is 12.2. The second kappa shape index (κ2) is 5.73. The maximum atomic E-state index is 12.2. The van der Waals surface area contributed by atoms with Gasteiger partial charge in [-0.2, -0.15) is 0 Å². The summed E-state index contributed by atoms with van der Waals surface area (Å²) in [7, 11) is 0. The molecule has 1 amide bonds. The van der Waals surface area contributed by atoms with Crippen molar-refractivity contribution in [3.05, 3.63) is 41.1 Å². The number of rotatable bonds is 2. The van der Waals surface area contributed by atoms with Crippen LogP contribution in [0.4, 0.5) is 5.69 Å². The molecular weight excluding hydrogens is 292 g/mol. The molecule has 1 aromatic carbocycles. The van der Waals surface area contributed by atoms with Gasteiger partial charge in [0.05, 0.1) is 0 Å². The molecule has 1 fully saturated rings. The molecule has 0 bridgehead atoms. The van der Waals surface area contributed by atoms with E-state index in [1.54, 1.807) is 11.8 Å². The van der Waals surface area contributed by atoms with E-state index in [0.29, 0.717) is 24.0 Å². The van der Waals surface area contributed by atoms with Gasteiger partial charge in [-0.1, -0.05) is 17.7 Å². The van der Waals surface area contributed by atoms with Gasteiger partial charge in [-0.25, -0.2) is 0 Å². The van der Waals surface area contributed by atoms with E-state index in [-0.39, 0.29) is 11.8 Å². The van der Waals surface area contributed by atoms with Crippen molar-refractivity contribution in [3.63, 3.8) is 0 Å². The molecule has 1 aliphatic heterocycles. The van der Waals surface area contributed by atoms with Crippen molar-refractivity contribution >= 4 is 23.2 Å². The fourth-order valence-corrected chi connectivity index (χ4v) is 2.54. The molecule has 3 rings (SSSR count). The van der Waals surface area contributed by atoms with Crippen molar-refractivity contribution in [2.45, 2.75) is 6.92 Å². The van der Waals surface area contributed by atoms with E-state index in [0.717, 1.165) is 18.8 Å². The Hall–Kier alpha value is -2.08. The van der Waals surface area contributed by atoms with Crippen molar-refractivity contribution in [2.75, 3.05) is 31.1 Å². The highest BCUT2D eigenvalue weighted by molar-refractivity contribution is 6.30. The molecular formula is C14H15ClN4O2. The Morgan fingerprint density at radius 2 is 2.00 bits per heavy atom. The highest BCUT2D eigenvalue weighted by Crippen LogP contribution is 2.21. The van der Waals surface area contributed by atoms with Gasteiger partial charge in [0.25, 0.3) is 0 Å². The first-order valence-corrected chi connectivity index (χ1v) is 7.11. The number of nitrogens with zero attached hydrogens (tertiary/aromatic N) is 4. The Balaban J connectivity index is 1.64. The molecule has 1 aliphatic rings. The minimum atomic E-state index is -0.207. The monoisotopic (exact) mass is 306 g/mol. The lowest BCUT2D eigenvalue weighted by Gasteiger charge is -2.35. The van der Waals surface area contributed by atoms with Crippen molar-refractivity contribution < 1.29 is 9.21 Å². The Labute approximate surface area is 127 Å². The first-order valence-electron chi connectivity index (χ1n) is 6.73. The summed E-state index contributed by atoms with van der Waals surface area (Å²) < 4.78 is 5.18. The molecule has 0 aliphatic carbocycles. The minimum Gasteiger partial charge on any atom is -0.417 e. The number of hydrogen-bond acceptors (Lipinski definition) is 5. The van der Waals surface area contributed by atoms with Crippen molar-refractivity contribution in [2.24, 2.45) is 0 Å². The number of aromatic nitrogens is 2. The summed E-state index contributed by atoms with van der Waals surface area (Å²) in [5.74, 6) is 0.251. The number of carbonyl (C=O) groups excluding carboxylic acids is 1. The van der Waals surface area contributed by atoms with Crippen LogP contribution in [0.5, 0.6) is 0 Å². The maximum Gasteiger partial charge on any atom is 0.311 e. The molecule has 1 saturated heterocycles. The zero-order chi connectivity index (χ0) is 14.8. The number of amides is 1. The van der Waals surface area contributed by atoms with Crippen molar-refractivity contribution in [3.8, 4) is 0 Å². The molecule has 6 nitrogen and oxygen atoms in total. The summed E-state index contributed by atoms with van der Waals surface area (Å²) in [6.07, 6.45) is 0. The first-order chi connectivity index (χ1) is 10.1. The van der Waals surface area contributed by atoms with Gasteiger partial charge in [0.15, 0.2) is 0 Å². The quantitative estimate of drug-likeness (QED) is 0.849. The number of hydrogen-bond donors (Lipinski definition) is 0. The second-order valence-corrected chi connectivity index (χ2v) is 5.32. The van der Waals surface area contributed by atoms with Crippen LogP contribution in [0.1, 0.15) is 16.6 Å². The van der Waals surface area contributed by atoms with Crippen molar-refractivity contribution in [1.29, 1.82) is 0 Å². The average Bonchev–Trinajstić information content (AvgIpc) is 2.93. The van der Waals surface area contributed by atoms with Gasteiger partial charge in [0.2, 0.25) is 5.89 Å². The Bertz CT molecular complexity index is 650. The third-order valence-corrected chi connectivity index (χ3v) is 3.68. The average molecular weight is 307 g/mol. The third-order valence-electron chi connectivity index (χ3n) is 3.45. The second-order valence-electron chi connectivity index (χ2n) is 4.89. The van der Waals surface area contributed by atoms with Crippen molar-refractivity contribution in [1.82, 2.24) is 15.1 Å². The van der Waals surface area contributed by atoms with E-state index in [4.69, 9.17) is 16.0 Å². The lowest BCUT2D eigenvalue weighted by molar-refractivity contribution is 0.0705. The SMILES string of the molecule is Cc1nnc(C(=O)N2CCN(c3cccc(Cl)c3)CC2)o1. The van der Waals surface area contributed by atoms with E-state index in [2.05, 4.69) is 15.1 Å². The van der Waals surface area contributed by atoms with Gasteiger partial charge in [-0.3, -0.25) is 4.79 Å². The standard InChI is InChI=1S/C14H15ClN4O2/c1-10-16-17-13(21-10)14(20)19-7-5-18(6-8-19)12-4-2-3-11(15)9-12/h2-4,9H,5-8H2,1H3. The van der Waals surface area contributed by atoms with E-state index < -0.39 is 0 Å². The summed E-state index contributed by atoms with van der Waals surface area (Å²) in [5, 5.41) is 8.17. The van der Waals surface area contributed by atoms with Crippen LogP contribution in [0, 0.1) is 6.92 Å². The molecule has 0 spiro atoms. The fourth-order valence-electron chi connectivity index (χ4n) is 2.36. The summed E-state index contributed by atoms with van der Waals surface area (Å²) in [6.45, 7) is 4.40. The number of benzene rings is 1. The van der Waals surface area contributed by atoms with Crippen LogP contribution < -0.4 is 4.90 Å². The molecule has 0 atom stereocenters. The van der Waals surface area contributed by atoms with Gasteiger partial charge >= 0.3 is 11.8 Å². The van der Waals surface area contributed by atoms with E-state index >= 15 is 0 Å². The molecule has 1 aromatic heterocycles. The van der Waals surface area contributed by atoms with Crippen LogP contribution in [-0.4, -0.2) is 47.2 Å². The summed E-state index contributed by atoms with van der Waals surface area (Å²) in [5.41, 5.74) is 1.07. The highest BCUT2D eigenvalue weighted by Gasteiger charge is 2.25. The van der Waals surface area contributed by atoms with E-state index in [1.807, 2.05) is 24.3 Å². The normalized spacial score (nSPS) is 15.3. The van der Waals surface area contributed by atoms with Gasteiger partial charge < -0.3 is 14.2 Å². The summed E-state index contributed by atoms with van der Waals surface area (Å²) in [6, 6.07) is 7.73. The summed E-state index contributed by atoms with van der Waals surface area (Å²) in [4.78, 5) is 16.1. The molecule has 21 heavy (non-hydrogen) atoms. The number of halogens is 1. The van der Waals surface area contributed by atoms with E-state index in [9.17, 15) is 4.79 Å². The fraction of sp³-hybridized carbons (Fsp3) is 0.357. The van der Waals surface area contributed by atoms with Gasteiger partial charge in [0.1, 0.15) is 0 Å². The largest absolute Gasteiger partial charge is 0.417 e. The number of piperazine rings is 1. The Morgan fingerprint density at radius 1 is 1.24 bits per heavy atom. The smallest absolute Gasteiger partial charge is 0.311 e. The van der Waals surface area contributed by atoms with Gasteiger partial charge in [-0.15, -0.1) is 10.2 Å². The number of aryl methyl sites for hydroxylation is 1. The molecule has 0 saturated carbocycles. The molecule has 0 radical (unpaired) electrons. The minimum absolute atomic E-state index is 0.0590. The van der Waals surface area contributed by atoms with Gasteiger partial charge in [-0.05, 0) is 18.2 Å². The van der Waals surface area contributed by atoms with E-state index in [1.165, 1.54) is 0 Å². The zero-order valence-corrected chi connectivity index (χ0v) is 12.4. The Morgan fingerprint density at radius 3 is 2.62 bits per heavy atom. The first kappa shape index (κ1) is 13.9. The molecule has 2 heterocycles.